The largest absolute Gasteiger partial charge is 0.395 e. The van der Waals surface area contributed by atoms with Crippen LogP contribution in [0.25, 0.3) is 0 Å². The fourth-order valence-corrected chi connectivity index (χ4v) is 2.67. The number of β-amino-alcohol motifs (C(OH)–C–C–N with tert-alkyl or cyclic N) is 1. The van der Waals surface area contributed by atoms with Gasteiger partial charge in [0.2, 0.25) is 0 Å². The molecule has 0 amide bonds. The van der Waals surface area contributed by atoms with Gasteiger partial charge in [-0.2, -0.15) is 0 Å². The standard InChI is InChI=1S/C14H20ClN3OS/c1-11-2-3-12(10-13(11)15)16-14(20)18-6-4-17(5-7-18)8-9-19/h2-3,10,19H,4-9H2,1H3,(H,16,20). The molecule has 2 rings (SSSR count). The summed E-state index contributed by atoms with van der Waals surface area (Å²) in [4.78, 5) is 4.39. The van der Waals surface area contributed by atoms with E-state index in [1.807, 2.05) is 25.1 Å². The highest BCUT2D eigenvalue weighted by Gasteiger charge is 2.18. The molecule has 1 fully saturated rings. The Morgan fingerprint density at radius 3 is 2.65 bits per heavy atom. The molecular formula is C14H20ClN3OS. The maximum Gasteiger partial charge on any atom is 0.173 e. The second kappa shape index (κ2) is 7.22. The fraction of sp³-hybridized carbons (Fsp3) is 0.500. The van der Waals surface area contributed by atoms with E-state index in [4.69, 9.17) is 28.9 Å². The maximum absolute atomic E-state index is 8.93. The Bertz CT molecular complexity index is 475. The molecule has 0 radical (unpaired) electrons. The summed E-state index contributed by atoms with van der Waals surface area (Å²) in [6.07, 6.45) is 0. The van der Waals surface area contributed by atoms with E-state index in [-0.39, 0.29) is 6.61 Å². The molecule has 0 unspecified atom stereocenters. The molecule has 1 aliphatic heterocycles. The number of rotatable bonds is 3. The minimum absolute atomic E-state index is 0.213. The van der Waals surface area contributed by atoms with Crippen LogP contribution in [0.4, 0.5) is 5.69 Å². The molecule has 0 aromatic heterocycles. The van der Waals surface area contributed by atoms with Crippen molar-refractivity contribution in [1.82, 2.24) is 9.80 Å². The van der Waals surface area contributed by atoms with Crippen LogP contribution in [-0.2, 0) is 0 Å². The van der Waals surface area contributed by atoms with Crippen molar-refractivity contribution in [2.45, 2.75) is 6.92 Å². The predicted molar refractivity (Wildman–Crippen MR) is 87.5 cm³/mol. The van der Waals surface area contributed by atoms with Gasteiger partial charge in [-0.25, -0.2) is 0 Å². The minimum atomic E-state index is 0.213. The molecule has 4 nitrogen and oxygen atoms in total. The van der Waals surface area contributed by atoms with Gasteiger partial charge in [0.05, 0.1) is 6.61 Å². The minimum Gasteiger partial charge on any atom is -0.395 e. The van der Waals surface area contributed by atoms with Gasteiger partial charge in [0.25, 0.3) is 0 Å². The zero-order valence-corrected chi connectivity index (χ0v) is 13.2. The van der Waals surface area contributed by atoms with Crippen LogP contribution in [0.2, 0.25) is 5.02 Å². The average molecular weight is 314 g/mol. The number of hydrogen-bond donors (Lipinski definition) is 2. The lowest BCUT2D eigenvalue weighted by Crippen LogP contribution is -2.50. The zero-order chi connectivity index (χ0) is 14.5. The number of aryl methyl sites for hydroxylation is 1. The summed E-state index contributed by atoms with van der Waals surface area (Å²) >= 11 is 11.5. The van der Waals surface area contributed by atoms with E-state index in [0.717, 1.165) is 54.1 Å². The smallest absolute Gasteiger partial charge is 0.173 e. The number of aliphatic hydroxyl groups is 1. The van der Waals surface area contributed by atoms with Crippen molar-refractivity contribution in [2.24, 2.45) is 0 Å². The monoisotopic (exact) mass is 313 g/mol. The molecule has 0 spiro atoms. The van der Waals surface area contributed by atoms with Crippen LogP contribution in [0.1, 0.15) is 5.56 Å². The van der Waals surface area contributed by atoms with Gasteiger partial charge in [-0.1, -0.05) is 17.7 Å². The second-order valence-electron chi connectivity index (χ2n) is 4.95. The number of nitrogens with one attached hydrogen (secondary N) is 1. The molecule has 0 atom stereocenters. The first-order chi connectivity index (χ1) is 9.60. The highest BCUT2D eigenvalue weighted by Crippen LogP contribution is 2.20. The molecule has 110 valence electrons. The fourth-order valence-electron chi connectivity index (χ4n) is 2.19. The van der Waals surface area contributed by atoms with Crippen LogP contribution in [-0.4, -0.2) is 59.3 Å². The quantitative estimate of drug-likeness (QED) is 0.835. The number of halogens is 1. The van der Waals surface area contributed by atoms with E-state index < -0.39 is 0 Å². The van der Waals surface area contributed by atoms with E-state index in [9.17, 15) is 0 Å². The molecular weight excluding hydrogens is 294 g/mol. The topological polar surface area (TPSA) is 38.7 Å². The van der Waals surface area contributed by atoms with Crippen LogP contribution >= 0.6 is 23.8 Å². The van der Waals surface area contributed by atoms with Crippen molar-refractivity contribution >= 4 is 34.6 Å². The first kappa shape index (κ1) is 15.5. The van der Waals surface area contributed by atoms with Gasteiger partial charge in [0.15, 0.2) is 5.11 Å². The molecule has 1 aliphatic rings. The molecule has 6 heteroatoms. The molecule has 0 aliphatic carbocycles. The number of aliphatic hydroxyl groups excluding tert-OH is 1. The highest BCUT2D eigenvalue weighted by molar-refractivity contribution is 7.80. The van der Waals surface area contributed by atoms with Crippen molar-refractivity contribution in [3.8, 4) is 0 Å². The van der Waals surface area contributed by atoms with Crippen LogP contribution in [0.5, 0.6) is 0 Å². The van der Waals surface area contributed by atoms with Gasteiger partial charge in [-0.05, 0) is 36.8 Å². The third kappa shape index (κ3) is 4.06. The number of hydrogen-bond acceptors (Lipinski definition) is 3. The summed E-state index contributed by atoms with van der Waals surface area (Å²) in [5.41, 5.74) is 1.98. The lowest BCUT2D eigenvalue weighted by atomic mass is 10.2. The van der Waals surface area contributed by atoms with E-state index in [2.05, 4.69) is 15.1 Å². The van der Waals surface area contributed by atoms with E-state index in [1.165, 1.54) is 0 Å². The molecule has 0 saturated carbocycles. The van der Waals surface area contributed by atoms with Gasteiger partial charge < -0.3 is 15.3 Å². The summed E-state index contributed by atoms with van der Waals surface area (Å²) in [5, 5.41) is 13.6. The first-order valence-corrected chi connectivity index (χ1v) is 7.54. The van der Waals surface area contributed by atoms with Crippen LogP contribution < -0.4 is 5.32 Å². The molecule has 0 bridgehead atoms. The lowest BCUT2D eigenvalue weighted by molar-refractivity contribution is 0.148. The Morgan fingerprint density at radius 2 is 2.05 bits per heavy atom. The van der Waals surface area contributed by atoms with Gasteiger partial charge in [0.1, 0.15) is 0 Å². The van der Waals surface area contributed by atoms with E-state index >= 15 is 0 Å². The van der Waals surface area contributed by atoms with Crippen molar-refractivity contribution in [3.63, 3.8) is 0 Å². The first-order valence-electron chi connectivity index (χ1n) is 6.75. The molecule has 2 N–H and O–H groups in total. The third-order valence-electron chi connectivity index (χ3n) is 3.50. The van der Waals surface area contributed by atoms with Gasteiger partial charge in [0, 0.05) is 43.4 Å². The summed E-state index contributed by atoms with van der Waals surface area (Å²) < 4.78 is 0. The Hall–Kier alpha value is -0.880. The number of anilines is 1. The summed E-state index contributed by atoms with van der Waals surface area (Å²) in [5.74, 6) is 0. The lowest BCUT2D eigenvalue weighted by Gasteiger charge is -2.35. The van der Waals surface area contributed by atoms with E-state index in [0.29, 0.717) is 0 Å². The van der Waals surface area contributed by atoms with Crippen LogP contribution in [0.3, 0.4) is 0 Å². The average Bonchev–Trinajstić information content (AvgIpc) is 2.44. The summed E-state index contributed by atoms with van der Waals surface area (Å²) in [6.45, 7) is 6.54. The van der Waals surface area contributed by atoms with Gasteiger partial charge >= 0.3 is 0 Å². The molecule has 1 saturated heterocycles. The number of nitrogens with zero attached hydrogens (tertiary/aromatic N) is 2. The highest BCUT2D eigenvalue weighted by atomic mass is 35.5. The Kier molecular flexibility index (Phi) is 5.60. The summed E-state index contributed by atoms with van der Waals surface area (Å²) in [6, 6.07) is 5.85. The van der Waals surface area contributed by atoms with Crippen molar-refractivity contribution in [3.05, 3.63) is 28.8 Å². The number of piperazine rings is 1. The Labute approximate surface area is 130 Å². The summed E-state index contributed by atoms with van der Waals surface area (Å²) in [7, 11) is 0. The van der Waals surface area contributed by atoms with Crippen molar-refractivity contribution in [2.75, 3.05) is 44.6 Å². The van der Waals surface area contributed by atoms with Crippen molar-refractivity contribution < 1.29 is 5.11 Å². The van der Waals surface area contributed by atoms with Crippen LogP contribution in [0, 0.1) is 6.92 Å². The second-order valence-corrected chi connectivity index (χ2v) is 5.74. The normalized spacial score (nSPS) is 16.2. The van der Waals surface area contributed by atoms with Crippen molar-refractivity contribution in [1.29, 1.82) is 0 Å². The molecule has 20 heavy (non-hydrogen) atoms. The van der Waals surface area contributed by atoms with E-state index in [1.54, 1.807) is 0 Å². The zero-order valence-electron chi connectivity index (χ0n) is 11.6. The molecule has 1 heterocycles. The van der Waals surface area contributed by atoms with Crippen LogP contribution in [0.15, 0.2) is 18.2 Å². The SMILES string of the molecule is Cc1ccc(NC(=S)N2CCN(CCO)CC2)cc1Cl. The third-order valence-corrected chi connectivity index (χ3v) is 4.27. The number of thiocarbonyl (C=S) groups is 1. The number of benzene rings is 1. The predicted octanol–water partition coefficient (Wildman–Crippen LogP) is 1.96. The Morgan fingerprint density at radius 1 is 1.35 bits per heavy atom. The molecule has 1 aromatic rings. The van der Waals surface area contributed by atoms with Gasteiger partial charge in [-0.3, -0.25) is 4.90 Å². The Balaban J connectivity index is 1.88. The van der Waals surface area contributed by atoms with Gasteiger partial charge in [-0.15, -0.1) is 0 Å². The molecule has 1 aromatic carbocycles. The maximum atomic E-state index is 8.93.